The third kappa shape index (κ3) is 8.90. The average molecular weight is 865 g/mol. The predicted octanol–water partition coefficient (Wildman–Crippen LogP) is 3.33. The van der Waals surface area contributed by atoms with Crippen molar-refractivity contribution in [2.75, 3.05) is 67.3 Å². The smallest absolute Gasteiger partial charge is 0.262 e. The number of likely N-dealkylation sites (N-methyl/N-ethyl adjacent to an activating group) is 1. The number of aryl methyl sites for hydroxylation is 1. The molecule has 0 saturated carbocycles. The van der Waals surface area contributed by atoms with Gasteiger partial charge in [0.15, 0.2) is 0 Å². The number of benzene rings is 2. The van der Waals surface area contributed by atoms with Crippen molar-refractivity contribution >= 4 is 40.3 Å². The minimum Gasteiger partial charge on any atom is -0.496 e. The van der Waals surface area contributed by atoms with Gasteiger partial charge in [-0.15, -0.1) is 0 Å². The van der Waals surface area contributed by atoms with Crippen molar-refractivity contribution < 1.29 is 47.7 Å². The van der Waals surface area contributed by atoms with E-state index in [4.69, 9.17) is 23.7 Å². The second-order valence-corrected chi connectivity index (χ2v) is 16.8. The van der Waals surface area contributed by atoms with Crippen LogP contribution in [-0.2, 0) is 37.4 Å². The number of likely N-dealkylation sites (tertiary alicyclic amines) is 1. The topological polar surface area (TPSA) is 188 Å². The molecule has 1 spiro atoms. The summed E-state index contributed by atoms with van der Waals surface area (Å²) in [5.41, 5.74) is 2.88. The van der Waals surface area contributed by atoms with Crippen LogP contribution in [0.25, 0.3) is 21.9 Å². The summed E-state index contributed by atoms with van der Waals surface area (Å²) >= 11 is 0. The molecule has 3 saturated heterocycles. The highest BCUT2D eigenvalue weighted by molar-refractivity contribution is 6.23. The van der Waals surface area contributed by atoms with Crippen molar-refractivity contribution in [1.29, 1.82) is 0 Å². The number of pyridine rings is 2. The molecule has 17 heteroatoms. The van der Waals surface area contributed by atoms with E-state index in [0.29, 0.717) is 55.4 Å². The second kappa shape index (κ2) is 18.3. The number of piperidine rings is 2. The molecule has 0 aliphatic carbocycles. The molecule has 8 rings (SSSR count). The SMILES string of the molecule is COc1cc(-c2cn(C)c(=O)c3cnccc23)cc(OC)c1CN(C)CC1CC2(CCN(C(=O)CCOCCOc3ccc4c(c3)C(=O)N(C3CCC(=O)NC3=O)C4=O)CC2)CO1. The van der Waals surface area contributed by atoms with Crippen LogP contribution >= 0.6 is 0 Å². The molecule has 2 aromatic carbocycles. The van der Waals surface area contributed by atoms with Crippen LogP contribution < -0.4 is 25.1 Å². The number of carbonyl (C=O) groups excluding carboxylic acids is 5. The molecule has 17 nitrogen and oxygen atoms in total. The summed E-state index contributed by atoms with van der Waals surface area (Å²) in [5.74, 6) is -0.507. The van der Waals surface area contributed by atoms with E-state index in [9.17, 15) is 28.8 Å². The third-order valence-corrected chi connectivity index (χ3v) is 12.7. The molecule has 4 aromatic rings. The highest BCUT2D eigenvalue weighted by Gasteiger charge is 2.45. The van der Waals surface area contributed by atoms with Crippen molar-refractivity contribution in [2.45, 2.75) is 57.2 Å². The van der Waals surface area contributed by atoms with Gasteiger partial charge in [-0.2, -0.15) is 0 Å². The maximum Gasteiger partial charge on any atom is 0.262 e. The van der Waals surface area contributed by atoms with Gasteiger partial charge in [-0.3, -0.25) is 48.9 Å². The minimum atomic E-state index is -1.04. The van der Waals surface area contributed by atoms with E-state index in [2.05, 4.69) is 22.2 Å². The summed E-state index contributed by atoms with van der Waals surface area (Å²) in [4.78, 5) is 85.0. The number of fused-ring (bicyclic) bond motifs is 2. The lowest BCUT2D eigenvalue weighted by Crippen LogP contribution is -2.54. The molecule has 2 atom stereocenters. The van der Waals surface area contributed by atoms with Gasteiger partial charge in [0.1, 0.15) is 29.9 Å². The predicted molar refractivity (Wildman–Crippen MR) is 229 cm³/mol. The summed E-state index contributed by atoms with van der Waals surface area (Å²) in [6.07, 6.45) is 8.17. The van der Waals surface area contributed by atoms with Crippen molar-refractivity contribution in [2.24, 2.45) is 12.5 Å². The molecule has 63 heavy (non-hydrogen) atoms. The molecule has 6 heterocycles. The van der Waals surface area contributed by atoms with Crippen molar-refractivity contribution in [1.82, 2.24) is 29.6 Å². The van der Waals surface area contributed by atoms with Gasteiger partial charge in [0, 0.05) is 63.8 Å². The summed E-state index contributed by atoms with van der Waals surface area (Å²) in [5, 5.41) is 3.53. The number of methoxy groups -OCH3 is 2. The quantitative estimate of drug-likeness (QED) is 0.136. The Morgan fingerprint density at radius 2 is 1.68 bits per heavy atom. The van der Waals surface area contributed by atoms with Crippen molar-refractivity contribution in [3.05, 3.63) is 82.0 Å². The lowest BCUT2D eigenvalue weighted by molar-refractivity contribution is -0.136. The normalized spacial score (nSPS) is 19.6. The monoisotopic (exact) mass is 864 g/mol. The number of carbonyl (C=O) groups is 5. The molecule has 0 bridgehead atoms. The number of rotatable bonds is 15. The van der Waals surface area contributed by atoms with Gasteiger partial charge in [0.05, 0.1) is 68.6 Å². The lowest BCUT2D eigenvalue weighted by atomic mass is 9.76. The summed E-state index contributed by atoms with van der Waals surface area (Å²) in [6, 6.07) is 9.32. The number of ether oxygens (including phenoxy) is 5. The van der Waals surface area contributed by atoms with Gasteiger partial charge in [-0.05, 0) is 85.5 Å². The molecule has 1 N–H and O–H groups in total. The zero-order valence-electron chi connectivity index (χ0n) is 36.0. The standard InChI is InChI=1S/C46H52N6O11/c1-49(25-36-38(59-3)19-28(20-39(36)60-4)35-26-50(2)43(56)34-23-47-13-9-31(34)35)24-30-22-46(27-63-30)11-14-51(15-12-46)41(54)10-16-61-17-18-62-29-5-6-32-33(21-29)45(58)52(44(32)57)37-7-8-40(53)48-42(37)55/h5-6,9,13,19-21,23,26,30,37H,7-8,10-12,14-18,22,24-25,27H2,1-4H3,(H,48,53,55). The number of aromatic nitrogens is 2. The number of hydrogen-bond acceptors (Lipinski definition) is 13. The Labute approximate surface area is 364 Å². The fourth-order valence-corrected chi connectivity index (χ4v) is 9.29. The maximum atomic E-state index is 13.1. The summed E-state index contributed by atoms with van der Waals surface area (Å²) < 4.78 is 31.2. The summed E-state index contributed by atoms with van der Waals surface area (Å²) in [7, 11) is 7.08. The molecular weight excluding hydrogens is 813 g/mol. The molecule has 2 unspecified atom stereocenters. The Morgan fingerprint density at radius 1 is 0.937 bits per heavy atom. The van der Waals surface area contributed by atoms with Gasteiger partial charge >= 0.3 is 0 Å². The largest absolute Gasteiger partial charge is 0.496 e. The molecule has 5 amide bonds. The van der Waals surface area contributed by atoms with Crippen LogP contribution in [-0.4, -0.2) is 133 Å². The Morgan fingerprint density at radius 3 is 2.41 bits per heavy atom. The van der Waals surface area contributed by atoms with E-state index in [-0.39, 0.29) is 73.2 Å². The molecule has 2 aromatic heterocycles. The second-order valence-electron chi connectivity index (χ2n) is 16.8. The average Bonchev–Trinajstić information content (AvgIpc) is 3.78. The molecule has 332 valence electrons. The van der Waals surface area contributed by atoms with Crippen LogP contribution in [0.5, 0.6) is 17.2 Å². The Kier molecular flexibility index (Phi) is 12.6. The summed E-state index contributed by atoms with van der Waals surface area (Å²) in [6.45, 7) is 3.88. The van der Waals surface area contributed by atoms with Crippen LogP contribution in [0.1, 0.15) is 64.8 Å². The van der Waals surface area contributed by atoms with E-state index >= 15 is 0 Å². The first kappa shape index (κ1) is 43.5. The van der Waals surface area contributed by atoms with Gasteiger partial charge < -0.3 is 33.2 Å². The van der Waals surface area contributed by atoms with E-state index in [1.165, 1.54) is 12.1 Å². The first-order chi connectivity index (χ1) is 30.4. The first-order valence-electron chi connectivity index (χ1n) is 21.2. The van der Waals surface area contributed by atoms with E-state index < -0.39 is 29.7 Å². The highest BCUT2D eigenvalue weighted by Crippen LogP contribution is 2.43. The van der Waals surface area contributed by atoms with Crippen LogP contribution in [0.4, 0.5) is 0 Å². The van der Waals surface area contributed by atoms with Crippen LogP contribution in [0, 0.1) is 5.41 Å². The van der Waals surface area contributed by atoms with Crippen LogP contribution in [0.2, 0.25) is 0 Å². The van der Waals surface area contributed by atoms with Gasteiger partial charge in [-0.1, -0.05) is 0 Å². The van der Waals surface area contributed by atoms with Gasteiger partial charge in [0.25, 0.3) is 17.4 Å². The first-order valence-corrected chi connectivity index (χ1v) is 21.2. The Bertz CT molecular complexity index is 2490. The number of imide groups is 2. The molecule has 4 aliphatic heterocycles. The van der Waals surface area contributed by atoms with Gasteiger partial charge in [0.2, 0.25) is 17.7 Å². The van der Waals surface area contributed by atoms with Crippen molar-refractivity contribution in [3.63, 3.8) is 0 Å². The highest BCUT2D eigenvalue weighted by atomic mass is 16.5. The Hall–Kier alpha value is -6.17. The van der Waals surface area contributed by atoms with Crippen LogP contribution in [0.3, 0.4) is 0 Å². The number of hydrogen-bond donors (Lipinski definition) is 1. The maximum absolute atomic E-state index is 13.1. The van der Waals surface area contributed by atoms with E-state index in [0.717, 1.165) is 46.2 Å². The fraction of sp³-hybridized carbons (Fsp3) is 0.457. The Balaban J connectivity index is 0.765. The molecule has 3 fully saturated rings. The molecule has 0 radical (unpaired) electrons. The molecule has 4 aliphatic rings. The lowest BCUT2D eigenvalue weighted by Gasteiger charge is -2.38. The van der Waals surface area contributed by atoms with Crippen molar-refractivity contribution in [3.8, 4) is 28.4 Å². The van der Waals surface area contributed by atoms with Gasteiger partial charge in [-0.25, -0.2) is 0 Å². The van der Waals surface area contributed by atoms with Crippen LogP contribution in [0.15, 0.2) is 59.8 Å². The number of nitrogens with zero attached hydrogens (tertiary/aromatic N) is 5. The third-order valence-electron chi connectivity index (χ3n) is 12.7. The zero-order chi connectivity index (χ0) is 44.4. The van der Waals surface area contributed by atoms with E-state index in [1.54, 1.807) is 44.3 Å². The fourth-order valence-electron chi connectivity index (χ4n) is 9.29. The number of amides is 5. The van der Waals surface area contributed by atoms with E-state index in [1.807, 2.05) is 29.3 Å². The molecular formula is C46H52N6O11. The minimum absolute atomic E-state index is 0.0277. The number of nitrogens with one attached hydrogen (secondary N) is 1. The zero-order valence-corrected chi connectivity index (χ0v) is 36.0.